The fraction of sp³-hybridized carbons (Fsp3) is 0.273. The largest absolute Gasteiger partial charge is 0.465 e. The van der Waals surface area contributed by atoms with Crippen LogP contribution in [0.4, 0.5) is 0 Å². The molecule has 0 saturated carbocycles. The van der Waals surface area contributed by atoms with Gasteiger partial charge in [-0.1, -0.05) is 79.7 Å². The van der Waals surface area contributed by atoms with Crippen LogP contribution in [0.3, 0.4) is 0 Å². The van der Waals surface area contributed by atoms with Crippen molar-refractivity contribution in [3.8, 4) is 0 Å². The maximum absolute atomic E-state index is 13.1. The Kier molecular flexibility index (Phi) is 6.29. The Balaban J connectivity index is 2.36. The highest BCUT2D eigenvalue weighted by atomic mass is 16.5. The van der Waals surface area contributed by atoms with Crippen molar-refractivity contribution in [3.63, 3.8) is 0 Å². The van der Waals surface area contributed by atoms with E-state index in [2.05, 4.69) is 0 Å². The summed E-state index contributed by atoms with van der Waals surface area (Å²) in [5.41, 5.74) is 0.258. The molecule has 0 aliphatic rings. The monoisotopic (exact) mass is 336 g/mol. The Morgan fingerprint density at radius 1 is 1.04 bits per heavy atom. The Hall–Kier alpha value is -2.68. The van der Waals surface area contributed by atoms with E-state index in [9.17, 15) is 9.59 Å². The number of hydrogen-bond acceptors (Lipinski definition) is 3. The van der Waals surface area contributed by atoms with Gasteiger partial charge in [-0.3, -0.25) is 9.59 Å². The molecule has 2 aromatic carbocycles. The molecule has 0 spiro atoms. The number of carbonyl (C=O) groups is 2. The van der Waals surface area contributed by atoms with Gasteiger partial charge in [0.05, 0.1) is 6.61 Å². The second kappa shape index (κ2) is 8.43. The highest BCUT2D eigenvalue weighted by molar-refractivity contribution is 6.12. The smallest absolute Gasteiger partial charge is 0.320 e. The minimum absolute atomic E-state index is 0.225. The first-order valence-corrected chi connectivity index (χ1v) is 8.50. The molecule has 2 atom stereocenters. The Labute approximate surface area is 149 Å². The molecule has 2 rings (SSSR count). The number of allylic oxidation sites excluding steroid dienone is 1. The van der Waals surface area contributed by atoms with Crippen molar-refractivity contribution in [1.82, 2.24) is 0 Å². The molecule has 0 unspecified atom stereocenters. The van der Waals surface area contributed by atoms with Crippen LogP contribution < -0.4 is 0 Å². The topological polar surface area (TPSA) is 43.4 Å². The number of esters is 1. The first kappa shape index (κ1) is 18.7. The van der Waals surface area contributed by atoms with E-state index in [0.29, 0.717) is 5.56 Å². The van der Waals surface area contributed by atoms with Crippen LogP contribution >= 0.6 is 0 Å². The van der Waals surface area contributed by atoms with Crippen molar-refractivity contribution in [2.75, 3.05) is 6.61 Å². The van der Waals surface area contributed by atoms with Crippen LogP contribution in [0, 0.1) is 11.3 Å². The van der Waals surface area contributed by atoms with Crippen molar-refractivity contribution < 1.29 is 14.3 Å². The van der Waals surface area contributed by atoms with Gasteiger partial charge in [0.1, 0.15) is 5.41 Å². The van der Waals surface area contributed by atoms with Gasteiger partial charge in [0, 0.05) is 5.56 Å². The molecule has 0 N–H and O–H groups in total. The van der Waals surface area contributed by atoms with Gasteiger partial charge in [0.15, 0.2) is 5.78 Å². The minimum Gasteiger partial charge on any atom is -0.465 e. The average molecular weight is 336 g/mol. The van der Waals surface area contributed by atoms with E-state index in [4.69, 9.17) is 4.74 Å². The molecule has 0 aliphatic heterocycles. The molecule has 130 valence electrons. The van der Waals surface area contributed by atoms with Gasteiger partial charge in [-0.25, -0.2) is 0 Å². The normalized spacial score (nSPS) is 14.7. The lowest BCUT2D eigenvalue weighted by molar-refractivity contribution is -0.153. The summed E-state index contributed by atoms with van der Waals surface area (Å²) in [5, 5.41) is 0. The Bertz CT molecular complexity index is 734. The molecule has 3 heteroatoms. The lowest BCUT2D eigenvalue weighted by Crippen LogP contribution is -2.43. The molecule has 0 radical (unpaired) electrons. The van der Waals surface area contributed by atoms with Crippen molar-refractivity contribution in [3.05, 3.63) is 77.9 Å². The van der Waals surface area contributed by atoms with Gasteiger partial charge in [-0.2, -0.15) is 0 Å². The second-order valence-corrected chi connectivity index (χ2v) is 6.18. The van der Waals surface area contributed by atoms with E-state index in [0.717, 1.165) is 5.56 Å². The number of rotatable bonds is 7. The van der Waals surface area contributed by atoms with Crippen molar-refractivity contribution in [2.24, 2.45) is 11.3 Å². The summed E-state index contributed by atoms with van der Waals surface area (Å²) in [6.07, 6.45) is 3.83. The summed E-state index contributed by atoms with van der Waals surface area (Å²) in [7, 11) is 0. The lowest BCUT2D eigenvalue weighted by Gasteiger charge is -2.30. The van der Waals surface area contributed by atoms with E-state index < -0.39 is 11.4 Å². The Morgan fingerprint density at radius 2 is 1.60 bits per heavy atom. The summed E-state index contributed by atoms with van der Waals surface area (Å²) in [4.78, 5) is 25.8. The summed E-state index contributed by atoms with van der Waals surface area (Å²) in [5.74, 6) is -1.04. The molecule has 3 nitrogen and oxygen atoms in total. The summed E-state index contributed by atoms with van der Waals surface area (Å²) >= 11 is 0. The highest BCUT2D eigenvalue weighted by Crippen LogP contribution is 2.34. The molecular formula is C22H24O3. The molecule has 0 amide bonds. The molecule has 2 aromatic rings. The van der Waals surface area contributed by atoms with E-state index in [1.807, 2.05) is 55.5 Å². The van der Waals surface area contributed by atoms with Crippen LogP contribution in [0.1, 0.15) is 36.7 Å². The third-order valence-corrected chi connectivity index (χ3v) is 4.49. The highest BCUT2D eigenvalue weighted by Gasteiger charge is 2.46. The third kappa shape index (κ3) is 4.24. The molecule has 0 aliphatic carbocycles. The standard InChI is InChI=1S/C22H24O3/c1-4-25-21(24)22(3,20(23)19-13-9-6-10-14-19)17(2)15-16-18-11-7-5-8-12-18/h5-17H,4H2,1-3H3/b16-15+/t17-,22+/m1/s1. The fourth-order valence-corrected chi connectivity index (χ4v) is 2.67. The Morgan fingerprint density at radius 3 is 2.16 bits per heavy atom. The van der Waals surface area contributed by atoms with Crippen LogP contribution in [0.5, 0.6) is 0 Å². The molecule has 0 saturated heterocycles. The predicted molar refractivity (Wildman–Crippen MR) is 100 cm³/mol. The van der Waals surface area contributed by atoms with Gasteiger partial charge < -0.3 is 4.74 Å². The van der Waals surface area contributed by atoms with Gasteiger partial charge in [0.25, 0.3) is 0 Å². The minimum atomic E-state index is -1.28. The summed E-state index contributed by atoms with van der Waals surface area (Å²) < 4.78 is 5.23. The van der Waals surface area contributed by atoms with Crippen molar-refractivity contribution in [2.45, 2.75) is 20.8 Å². The van der Waals surface area contributed by atoms with Crippen LogP contribution in [-0.4, -0.2) is 18.4 Å². The van der Waals surface area contributed by atoms with E-state index >= 15 is 0 Å². The lowest BCUT2D eigenvalue weighted by atomic mass is 9.72. The zero-order chi connectivity index (χ0) is 18.3. The zero-order valence-corrected chi connectivity index (χ0v) is 14.9. The molecule has 0 fully saturated rings. The quantitative estimate of drug-likeness (QED) is 0.415. The van der Waals surface area contributed by atoms with Crippen LogP contribution in [0.15, 0.2) is 66.7 Å². The van der Waals surface area contributed by atoms with E-state index in [1.54, 1.807) is 38.1 Å². The van der Waals surface area contributed by atoms with Crippen molar-refractivity contribution in [1.29, 1.82) is 0 Å². The molecule has 0 bridgehead atoms. The number of hydrogen-bond donors (Lipinski definition) is 0. The first-order valence-electron chi connectivity index (χ1n) is 8.50. The number of benzene rings is 2. The number of ether oxygens (including phenoxy) is 1. The fourth-order valence-electron chi connectivity index (χ4n) is 2.67. The SMILES string of the molecule is CCOC(=O)[C@](C)(C(=O)c1ccccc1)[C@H](C)/C=C/c1ccccc1. The second-order valence-electron chi connectivity index (χ2n) is 6.18. The van der Waals surface area contributed by atoms with E-state index in [1.165, 1.54) is 0 Å². The molecule has 25 heavy (non-hydrogen) atoms. The van der Waals surface area contributed by atoms with E-state index in [-0.39, 0.29) is 18.3 Å². The number of Topliss-reactive ketones (excluding diaryl/α,β-unsaturated/α-hetero) is 1. The third-order valence-electron chi connectivity index (χ3n) is 4.49. The van der Waals surface area contributed by atoms with Gasteiger partial charge in [0.2, 0.25) is 0 Å². The summed E-state index contributed by atoms with van der Waals surface area (Å²) in [6, 6.07) is 18.7. The van der Waals surface area contributed by atoms with Crippen LogP contribution in [0.2, 0.25) is 0 Å². The van der Waals surface area contributed by atoms with Crippen LogP contribution in [-0.2, 0) is 9.53 Å². The van der Waals surface area contributed by atoms with Crippen LogP contribution in [0.25, 0.3) is 6.08 Å². The van der Waals surface area contributed by atoms with Gasteiger partial charge in [-0.05, 0) is 25.3 Å². The first-order chi connectivity index (χ1) is 12.0. The zero-order valence-electron chi connectivity index (χ0n) is 14.9. The number of ketones is 1. The summed E-state index contributed by atoms with van der Waals surface area (Å²) in [6.45, 7) is 5.53. The van der Waals surface area contributed by atoms with Gasteiger partial charge in [-0.15, -0.1) is 0 Å². The van der Waals surface area contributed by atoms with Crippen molar-refractivity contribution >= 4 is 17.8 Å². The maximum Gasteiger partial charge on any atom is 0.320 e. The van der Waals surface area contributed by atoms with Gasteiger partial charge >= 0.3 is 5.97 Å². The predicted octanol–water partition coefficient (Wildman–Crippen LogP) is 4.79. The molecule has 0 aromatic heterocycles. The number of carbonyl (C=O) groups excluding carboxylic acids is 2. The maximum atomic E-state index is 13.1. The average Bonchev–Trinajstić information content (AvgIpc) is 2.66. The molecular weight excluding hydrogens is 312 g/mol. The molecule has 0 heterocycles.